The predicted molar refractivity (Wildman–Crippen MR) is 190 cm³/mol. The molecule has 5 heterocycles. The molecule has 0 saturated heterocycles. The summed E-state index contributed by atoms with van der Waals surface area (Å²) in [7, 11) is 0. The van der Waals surface area contributed by atoms with Gasteiger partial charge in [-0.15, -0.1) is 0 Å². The number of rotatable bonds is 4. The highest BCUT2D eigenvalue weighted by Gasteiger charge is 2.20. The van der Waals surface area contributed by atoms with Gasteiger partial charge in [0.2, 0.25) is 0 Å². The number of hydrogen-bond donors (Lipinski definition) is 1. The molecule has 4 aromatic carbocycles. The van der Waals surface area contributed by atoms with Gasteiger partial charge in [0.05, 0.1) is 33.8 Å². The summed E-state index contributed by atoms with van der Waals surface area (Å²) in [6, 6.07) is 34.7. The Hall–Kier alpha value is -5.68. The van der Waals surface area contributed by atoms with E-state index in [1.807, 2.05) is 12.4 Å². The molecule has 0 radical (unpaired) electrons. The van der Waals surface area contributed by atoms with E-state index in [2.05, 4.69) is 115 Å². The highest BCUT2D eigenvalue weighted by atomic mass is 14.9. The van der Waals surface area contributed by atoms with Crippen molar-refractivity contribution in [2.24, 2.45) is 9.98 Å². The predicted octanol–water partition coefficient (Wildman–Crippen LogP) is 9.33. The molecule has 5 heteroatoms. The minimum absolute atomic E-state index is 0.854. The zero-order chi connectivity index (χ0) is 30.5. The van der Waals surface area contributed by atoms with Gasteiger partial charge in [0, 0.05) is 46.6 Å². The van der Waals surface area contributed by atoms with Crippen LogP contribution in [0.4, 0.5) is 11.4 Å². The van der Waals surface area contributed by atoms with Crippen LogP contribution in [0.1, 0.15) is 35.2 Å². The molecule has 46 heavy (non-hydrogen) atoms. The number of pyridine rings is 2. The first-order valence-corrected chi connectivity index (χ1v) is 16.0. The van der Waals surface area contributed by atoms with Gasteiger partial charge in [-0.05, 0) is 77.8 Å². The maximum atomic E-state index is 5.13. The molecule has 3 aliphatic rings. The fraction of sp³-hybridized carbons (Fsp3) is 0.122. The zero-order valence-electron chi connectivity index (χ0n) is 25.4. The average molecular weight is 594 g/mol. The number of allylic oxidation sites excluding steroid dienone is 2. The Bertz CT molecular complexity index is 2310. The lowest BCUT2D eigenvalue weighted by Gasteiger charge is -2.20. The number of dihydropyridines is 1. The van der Waals surface area contributed by atoms with Crippen LogP contribution in [0, 0.1) is 0 Å². The Morgan fingerprint density at radius 2 is 1.22 bits per heavy atom. The molecule has 1 N–H and O–H groups in total. The largest absolute Gasteiger partial charge is 0.387 e. The molecule has 2 aromatic heterocycles. The van der Waals surface area contributed by atoms with E-state index in [1.165, 1.54) is 11.1 Å². The third kappa shape index (κ3) is 4.81. The lowest BCUT2D eigenvalue weighted by molar-refractivity contribution is 0.975. The fourth-order valence-corrected chi connectivity index (χ4v) is 6.74. The highest BCUT2D eigenvalue weighted by molar-refractivity contribution is 6.05. The summed E-state index contributed by atoms with van der Waals surface area (Å²) >= 11 is 0. The van der Waals surface area contributed by atoms with Gasteiger partial charge in [0.15, 0.2) is 0 Å². The molecule has 0 unspecified atom stereocenters. The minimum atomic E-state index is 0.854. The van der Waals surface area contributed by atoms with E-state index in [4.69, 9.17) is 20.0 Å². The number of benzene rings is 4. The monoisotopic (exact) mass is 593 g/mol. The van der Waals surface area contributed by atoms with Gasteiger partial charge in [-0.3, -0.25) is 9.98 Å². The summed E-state index contributed by atoms with van der Waals surface area (Å²) in [6.45, 7) is 0.854. The van der Waals surface area contributed by atoms with E-state index in [0.717, 1.165) is 110 Å². The second-order valence-electron chi connectivity index (χ2n) is 12.2. The molecule has 0 bridgehead atoms. The first kappa shape index (κ1) is 26.7. The number of aliphatic imine (C=N–C) groups is 2. The lowest BCUT2D eigenvalue weighted by Crippen LogP contribution is -2.09. The maximum Gasteiger partial charge on any atom is 0.0924 e. The number of fused-ring (bicyclic) bond motifs is 5. The van der Waals surface area contributed by atoms with Crippen LogP contribution in [0.15, 0.2) is 125 Å². The van der Waals surface area contributed by atoms with E-state index in [0.29, 0.717) is 0 Å². The summed E-state index contributed by atoms with van der Waals surface area (Å²) in [6.07, 6.45) is 12.3. The van der Waals surface area contributed by atoms with Gasteiger partial charge in [0.1, 0.15) is 0 Å². The van der Waals surface area contributed by atoms with E-state index in [1.54, 1.807) is 0 Å². The van der Waals surface area contributed by atoms with Crippen LogP contribution in [0.2, 0.25) is 0 Å². The van der Waals surface area contributed by atoms with Gasteiger partial charge < -0.3 is 5.32 Å². The minimum Gasteiger partial charge on any atom is -0.387 e. The van der Waals surface area contributed by atoms with Gasteiger partial charge in [-0.1, -0.05) is 84.9 Å². The summed E-state index contributed by atoms with van der Waals surface area (Å²) in [4.78, 5) is 19.9. The molecule has 6 aromatic rings. The molecule has 0 fully saturated rings. The van der Waals surface area contributed by atoms with Crippen molar-refractivity contribution in [1.29, 1.82) is 0 Å². The molecule has 3 aliphatic heterocycles. The lowest BCUT2D eigenvalue weighted by atomic mass is 9.93. The number of aromatic nitrogens is 2. The maximum absolute atomic E-state index is 5.13. The molecule has 0 spiro atoms. The third-order valence-corrected chi connectivity index (χ3v) is 9.28. The first-order chi connectivity index (χ1) is 22.7. The number of hydrogen-bond acceptors (Lipinski definition) is 5. The van der Waals surface area contributed by atoms with Crippen LogP contribution < -0.4 is 5.32 Å². The van der Waals surface area contributed by atoms with Crippen molar-refractivity contribution in [3.05, 3.63) is 138 Å². The number of nitrogens with one attached hydrogen (secondary N) is 1. The van der Waals surface area contributed by atoms with Crippen molar-refractivity contribution in [1.82, 2.24) is 15.3 Å². The SMILES string of the molecule is C1=CC(c2ccc3ccc(-c4ccc5ccc(-c6ccc(C7=Nc8c(ccc9c8N=CCC9)CC7)cc6)nc5c4)cc3n2)=CNC1. The molecule has 0 saturated carbocycles. The highest BCUT2D eigenvalue weighted by Crippen LogP contribution is 2.41. The normalized spacial score (nSPS) is 15.2. The summed E-state index contributed by atoms with van der Waals surface area (Å²) < 4.78 is 0. The Morgan fingerprint density at radius 3 is 1.96 bits per heavy atom. The second-order valence-corrected chi connectivity index (χ2v) is 12.2. The fourth-order valence-electron chi connectivity index (χ4n) is 6.74. The Kier molecular flexibility index (Phi) is 6.41. The van der Waals surface area contributed by atoms with Crippen molar-refractivity contribution in [2.75, 3.05) is 6.54 Å². The Balaban J connectivity index is 1.01. The van der Waals surface area contributed by atoms with Crippen LogP contribution in [-0.4, -0.2) is 28.4 Å². The van der Waals surface area contributed by atoms with Crippen LogP contribution in [0.25, 0.3) is 49.8 Å². The van der Waals surface area contributed by atoms with E-state index >= 15 is 0 Å². The van der Waals surface area contributed by atoms with Crippen molar-refractivity contribution in [3.8, 4) is 22.4 Å². The molecular formula is C41H31N5. The van der Waals surface area contributed by atoms with Gasteiger partial charge >= 0.3 is 0 Å². The molecule has 5 nitrogen and oxygen atoms in total. The van der Waals surface area contributed by atoms with Crippen LogP contribution in [0.5, 0.6) is 0 Å². The zero-order valence-corrected chi connectivity index (χ0v) is 25.4. The van der Waals surface area contributed by atoms with Crippen molar-refractivity contribution in [2.45, 2.75) is 25.7 Å². The van der Waals surface area contributed by atoms with E-state index in [-0.39, 0.29) is 0 Å². The quantitative estimate of drug-likeness (QED) is 0.222. The molecule has 0 atom stereocenters. The standard InChI is InChI=1S/C41H31N5/c1-4-34(25-42-21-1)37-19-16-29-10-14-33(24-39(29)45-37)32-13-9-28-15-18-35(44-38(28)23-32)26-5-7-27(8-6-26)36-20-17-31-12-11-30-3-2-22-43-40(30)41(31)46-36/h1,4-16,18-19,22-25,42H,2-3,17,20-21H2. The van der Waals surface area contributed by atoms with Gasteiger partial charge in [-0.25, -0.2) is 9.97 Å². The van der Waals surface area contributed by atoms with Crippen LogP contribution in [0.3, 0.4) is 0 Å². The Labute approximate surface area is 267 Å². The van der Waals surface area contributed by atoms with Crippen molar-refractivity contribution in [3.63, 3.8) is 0 Å². The second kappa shape index (κ2) is 11.0. The first-order valence-electron chi connectivity index (χ1n) is 16.0. The molecule has 9 rings (SSSR count). The molecule has 0 aliphatic carbocycles. The molecule has 220 valence electrons. The van der Waals surface area contributed by atoms with E-state index < -0.39 is 0 Å². The number of aryl methyl sites for hydroxylation is 2. The number of nitrogens with zero attached hydrogens (tertiary/aromatic N) is 4. The topological polar surface area (TPSA) is 62.5 Å². The molecular weight excluding hydrogens is 562 g/mol. The summed E-state index contributed by atoms with van der Waals surface area (Å²) in [5, 5.41) is 5.52. The Morgan fingerprint density at radius 1 is 0.565 bits per heavy atom. The summed E-state index contributed by atoms with van der Waals surface area (Å²) in [5.41, 5.74) is 15.4. The molecule has 0 amide bonds. The third-order valence-electron chi connectivity index (χ3n) is 9.28. The van der Waals surface area contributed by atoms with E-state index in [9.17, 15) is 0 Å². The van der Waals surface area contributed by atoms with Crippen molar-refractivity contribution < 1.29 is 0 Å². The smallest absolute Gasteiger partial charge is 0.0924 e. The summed E-state index contributed by atoms with van der Waals surface area (Å²) in [5.74, 6) is 0. The van der Waals surface area contributed by atoms with Crippen molar-refractivity contribution >= 4 is 50.7 Å². The van der Waals surface area contributed by atoms with Crippen LogP contribution >= 0.6 is 0 Å². The van der Waals surface area contributed by atoms with Crippen LogP contribution in [-0.2, 0) is 12.8 Å². The van der Waals surface area contributed by atoms with Gasteiger partial charge in [0.25, 0.3) is 0 Å². The van der Waals surface area contributed by atoms with Gasteiger partial charge in [-0.2, -0.15) is 0 Å². The average Bonchev–Trinajstić information content (AvgIpc) is 3.14.